The lowest BCUT2D eigenvalue weighted by Gasteiger charge is -2.27. The molecule has 0 spiro atoms. The van der Waals surface area contributed by atoms with E-state index in [-0.39, 0.29) is 29.7 Å². The normalized spacial score (nSPS) is 17.7. The van der Waals surface area contributed by atoms with E-state index in [1.807, 2.05) is 20.8 Å². The van der Waals surface area contributed by atoms with Gasteiger partial charge in [-0.3, -0.25) is 19.3 Å². The van der Waals surface area contributed by atoms with E-state index in [2.05, 4.69) is 5.32 Å². The Morgan fingerprint density at radius 3 is 2.54 bits per heavy atom. The van der Waals surface area contributed by atoms with Crippen LogP contribution in [-0.2, 0) is 14.4 Å². The van der Waals surface area contributed by atoms with Crippen molar-refractivity contribution in [3.8, 4) is 0 Å². The maximum Gasteiger partial charge on any atom is 0.240 e. The fourth-order valence-electron chi connectivity index (χ4n) is 2.45. The summed E-state index contributed by atoms with van der Waals surface area (Å²) in [7, 11) is 0. The summed E-state index contributed by atoms with van der Waals surface area (Å²) in [5, 5.41) is 2.71. The van der Waals surface area contributed by atoms with Gasteiger partial charge < -0.3 is 5.32 Å². The second-order valence-electron chi connectivity index (χ2n) is 6.76. The number of halogens is 1. The average Bonchev–Trinajstić information content (AvgIpc) is 2.90. The van der Waals surface area contributed by atoms with Crippen molar-refractivity contribution in [2.24, 2.45) is 5.92 Å². The van der Waals surface area contributed by atoms with Gasteiger partial charge in [-0.1, -0.05) is 23.9 Å². The molecule has 1 aliphatic rings. The van der Waals surface area contributed by atoms with E-state index in [0.717, 1.165) is 16.7 Å². The number of benzene rings is 1. The van der Waals surface area contributed by atoms with Crippen molar-refractivity contribution < 1.29 is 18.8 Å². The maximum atomic E-state index is 14.2. The first-order valence-electron chi connectivity index (χ1n) is 7.70. The van der Waals surface area contributed by atoms with Gasteiger partial charge in [-0.25, -0.2) is 4.39 Å². The predicted octanol–water partition coefficient (Wildman–Crippen LogP) is 2.35. The minimum Gasteiger partial charge on any atom is -0.350 e. The maximum absolute atomic E-state index is 14.2. The molecule has 0 bridgehead atoms. The molecule has 1 heterocycles. The molecule has 1 fully saturated rings. The lowest BCUT2D eigenvalue weighted by molar-refractivity contribution is -0.126. The number of hydrogen-bond donors (Lipinski definition) is 1. The number of nitrogens with zero attached hydrogens (tertiary/aromatic N) is 1. The molecule has 5 nitrogen and oxygen atoms in total. The van der Waals surface area contributed by atoms with Crippen molar-refractivity contribution in [1.82, 2.24) is 5.32 Å². The van der Waals surface area contributed by atoms with Crippen LogP contribution in [0, 0.1) is 11.7 Å². The first-order valence-corrected chi connectivity index (χ1v) is 8.68. The zero-order valence-corrected chi connectivity index (χ0v) is 14.8. The third-order valence-corrected chi connectivity index (χ3v) is 4.49. The van der Waals surface area contributed by atoms with Crippen LogP contribution in [0.4, 0.5) is 10.1 Å². The second-order valence-corrected chi connectivity index (χ2v) is 7.84. The number of carbonyl (C=O) groups is 3. The van der Waals surface area contributed by atoms with Crippen LogP contribution in [0.5, 0.6) is 0 Å². The molecule has 1 aromatic carbocycles. The highest BCUT2D eigenvalue weighted by Gasteiger charge is 2.34. The van der Waals surface area contributed by atoms with E-state index in [9.17, 15) is 18.8 Å². The second kappa shape index (κ2) is 7.34. The fourth-order valence-corrected chi connectivity index (χ4v) is 3.41. The summed E-state index contributed by atoms with van der Waals surface area (Å²) in [6.07, 6.45) is 0.120. The molecule has 0 aliphatic carbocycles. The first-order chi connectivity index (χ1) is 11.2. The zero-order chi connectivity index (χ0) is 17.9. The molecular weight excluding hydrogens is 331 g/mol. The molecule has 0 radical (unpaired) electrons. The Labute approximate surface area is 145 Å². The Bertz CT molecular complexity index is 657. The van der Waals surface area contributed by atoms with Crippen molar-refractivity contribution in [3.05, 3.63) is 30.1 Å². The minimum atomic E-state index is -0.577. The van der Waals surface area contributed by atoms with Crippen molar-refractivity contribution in [2.75, 3.05) is 17.2 Å². The number of nitrogens with one attached hydrogen (secondary N) is 1. The molecule has 1 saturated heterocycles. The van der Waals surface area contributed by atoms with E-state index in [1.54, 1.807) is 6.07 Å². The van der Waals surface area contributed by atoms with Gasteiger partial charge in [0.25, 0.3) is 0 Å². The van der Waals surface area contributed by atoms with Crippen LogP contribution in [0.3, 0.4) is 0 Å². The molecule has 7 heteroatoms. The summed E-state index contributed by atoms with van der Waals surface area (Å²) < 4.78 is 14.2. The molecule has 1 N–H and O–H groups in total. The standard InChI is InChI=1S/C17H21FN2O3S/c1-17(2,3)19-14(21)9-20(13-7-5-4-6-12(13)18)16(23)11-8-15(22)24-10-11/h4-7,11H,8-10H2,1-3H3,(H,19,21)/t11-/m0/s1. The number of hydrogen-bond acceptors (Lipinski definition) is 4. The highest BCUT2D eigenvalue weighted by atomic mass is 32.2. The highest BCUT2D eigenvalue weighted by molar-refractivity contribution is 8.14. The van der Waals surface area contributed by atoms with Gasteiger partial charge in [-0.2, -0.15) is 0 Å². The third-order valence-electron chi connectivity index (χ3n) is 3.43. The molecule has 1 aromatic rings. The predicted molar refractivity (Wildman–Crippen MR) is 92.2 cm³/mol. The van der Waals surface area contributed by atoms with Gasteiger partial charge in [0.15, 0.2) is 5.12 Å². The van der Waals surface area contributed by atoms with E-state index in [0.29, 0.717) is 5.75 Å². The van der Waals surface area contributed by atoms with Gasteiger partial charge in [0.2, 0.25) is 11.8 Å². The van der Waals surface area contributed by atoms with E-state index < -0.39 is 23.2 Å². The number of thioether (sulfide) groups is 1. The number of para-hydroxylation sites is 1. The number of rotatable bonds is 4. The number of anilines is 1. The van der Waals surface area contributed by atoms with Crippen LogP contribution in [0.15, 0.2) is 24.3 Å². The minimum absolute atomic E-state index is 0.0518. The quantitative estimate of drug-likeness (QED) is 0.903. The molecule has 24 heavy (non-hydrogen) atoms. The van der Waals surface area contributed by atoms with E-state index in [1.165, 1.54) is 18.2 Å². The summed E-state index contributed by atoms with van der Waals surface area (Å²) in [5.74, 6) is -1.52. The van der Waals surface area contributed by atoms with Crippen LogP contribution in [0.25, 0.3) is 0 Å². The Kier molecular flexibility index (Phi) is 5.64. The summed E-state index contributed by atoms with van der Waals surface area (Å²) in [6, 6.07) is 5.83. The van der Waals surface area contributed by atoms with Crippen LogP contribution in [0.2, 0.25) is 0 Å². The van der Waals surface area contributed by atoms with E-state index in [4.69, 9.17) is 0 Å². The highest BCUT2D eigenvalue weighted by Crippen LogP contribution is 2.29. The van der Waals surface area contributed by atoms with Gasteiger partial charge in [0, 0.05) is 17.7 Å². The Balaban J connectivity index is 2.25. The Morgan fingerprint density at radius 2 is 2.00 bits per heavy atom. The molecular formula is C17H21FN2O3S. The molecule has 2 rings (SSSR count). The molecule has 1 aliphatic heterocycles. The Morgan fingerprint density at radius 1 is 1.33 bits per heavy atom. The summed E-state index contributed by atoms with van der Waals surface area (Å²) in [5.41, 5.74) is -0.406. The zero-order valence-electron chi connectivity index (χ0n) is 14.0. The molecule has 0 unspecified atom stereocenters. The SMILES string of the molecule is CC(C)(C)NC(=O)CN(C(=O)[C@@H]1CSC(=O)C1)c1ccccc1F. The molecule has 0 aromatic heterocycles. The van der Waals surface area contributed by atoms with E-state index >= 15 is 0 Å². The summed E-state index contributed by atoms with van der Waals surface area (Å²) in [4.78, 5) is 37.6. The fraction of sp³-hybridized carbons (Fsp3) is 0.471. The van der Waals surface area contributed by atoms with Gasteiger partial charge in [0.1, 0.15) is 12.4 Å². The molecule has 0 saturated carbocycles. The largest absolute Gasteiger partial charge is 0.350 e. The molecule has 1 atom stereocenters. The van der Waals surface area contributed by atoms with Crippen LogP contribution in [0.1, 0.15) is 27.2 Å². The average molecular weight is 352 g/mol. The smallest absolute Gasteiger partial charge is 0.240 e. The van der Waals surface area contributed by atoms with Gasteiger partial charge in [0.05, 0.1) is 11.6 Å². The lowest BCUT2D eigenvalue weighted by atomic mass is 10.1. The number of amides is 2. The van der Waals surface area contributed by atoms with Crippen molar-refractivity contribution in [1.29, 1.82) is 0 Å². The third kappa shape index (κ3) is 4.80. The monoisotopic (exact) mass is 352 g/mol. The van der Waals surface area contributed by atoms with Crippen LogP contribution in [-0.4, -0.2) is 34.8 Å². The molecule has 130 valence electrons. The first kappa shape index (κ1) is 18.4. The Hall–Kier alpha value is -1.89. The van der Waals surface area contributed by atoms with Crippen LogP contribution >= 0.6 is 11.8 Å². The van der Waals surface area contributed by atoms with Gasteiger partial charge in [-0.15, -0.1) is 0 Å². The molecule has 2 amide bonds. The number of carbonyl (C=O) groups excluding carboxylic acids is 3. The van der Waals surface area contributed by atoms with Crippen molar-refractivity contribution in [3.63, 3.8) is 0 Å². The topological polar surface area (TPSA) is 66.5 Å². The van der Waals surface area contributed by atoms with Crippen molar-refractivity contribution >= 4 is 34.4 Å². The summed E-state index contributed by atoms with van der Waals surface area (Å²) >= 11 is 1.10. The lowest BCUT2D eigenvalue weighted by Crippen LogP contribution is -2.49. The summed E-state index contributed by atoms with van der Waals surface area (Å²) in [6.45, 7) is 5.19. The van der Waals surface area contributed by atoms with Gasteiger partial charge >= 0.3 is 0 Å². The van der Waals surface area contributed by atoms with Gasteiger partial charge in [-0.05, 0) is 32.9 Å². The van der Waals surface area contributed by atoms with Crippen molar-refractivity contribution in [2.45, 2.75) is 32.7 Å². The van der Waals surface area contributed by atoms with Crippen LogP contribution < -0.4 is 10.2 Å².